The van der Waals surface area contributed by atoms with Gasteiger partial charge in [0.2, 0.25) is 5.91 Å². The van der Waals surface area contributed by atoms with Gasteiger partial charge in [-0.15, -0.1) is 0 Å². The number of fused-ring (bicyclic) bond motifs is 6. The van der Waals surface area contributed by atoms with Crippen LogP contribution in [0.2, 0.25) is 0 Å². The van der Waals surface area contributed by atoms with E-state index in [9.17, 15) is 13.9 Å². The van der Waals surface area contributed by atoms with E-state index < -0.39 is 20.6 Å². The van der Waals surface area contributed by atoms with Gasteiger partial charge in [0.05, 0.1) is 10.6 Å². The summed E-state index contributed by atoms with van der Waals surface area (Å²) in [6, 6.07) is 29.4. The molecule has 0 fully saturated rings. The van der Waals surface area contributed by atoms with E-state index in [1.165, 1.54) is 4.90 Å². The lowest BCUT2D eigenvalue weighted by atomic mass is 10.0. The molecule has 4 aromatic rings. The van der Waals surface area contributed by atoms with Crippen LogP contribution in [0.25, 0.3) is 22.3 Å². The Morgan fingerprint density at radius 1 is 0.649 bits per heavy atom. The van der Waals surface area contributed by atoms with Gasteiger partial charge >= 0.3 is 0 Å². The first-order chi connectivity index (χ1) is 17.9. The van der Waals surface area contributed by atoms with Crippen molar-refractivity contribution in [1.29, 1.82) is 0 Å². The van der Waals surface area contributed by atoms with Gasteiger partial charge in [0.25, 0.3) is 14.7 Å². The van der Waals surface area contributed by atoms with E-state index in [4.69, 9.17) is 9.05 Å². The second-order valence-corrected chi connectivity index (χ2v) is 13.5. The zero-order valence-electron chi connectivity index (χ0n) is 19.8. The Hall–Kier alpha value is -3.85. The van der Waals surface area contributed by atoms with Gasteiger partial charge in [0.15, 0.2) is 0 Å². The topological polar surface area (TPSA) is 72.9 Å². The number of hydrogen-bond donors (Lipinski definition) is 0. The van der Waals surface area contributed by atoms with Crippen molar-refractivity contribution in [2.24, 2.45) is 0 Å². The Bertz CT molecular complexity index is 1550. The Morgan fingerprint density at radius 2 is 1.03 bits per heavy atom. The van der Waals surface area contributed by atoms with E-state index in [-0.39, 0.29) is 12.6 Å². The van der Waals surface area contributed by atoms with Gasteiger partial charge in [0.1, 0.15) is 24.1 Å². The van der Waals surface area contributed by atoms with Crippen LogP contribution in [0.4, 0.5) is 0 Å². The average Bonchev–Trinajstić information content (AvgIpc) is 2.92. The van der Waals surface area contributed by atoms with Crippen LogP contribution in [0.3, 0.4) is 0 Å². The molecule has 0 spiro atoms. The first-order valence-electron chi connectivity index (χ1n) is 11.8. The maximum Gasteiger partial charge on any atom is 0.296 e. The number of hydrogen-bond acceptors (Lipinski definition) is 5. The predicted octanol–water partition coefficient (Wildman–Crippen LogP) is 6.24. The maximum absolute atomic E-state index is 14.5. The molecule has 6 nitrogen and oxygen atoms in total. The summed E-state index contributed by atoms with van der Waals surface area (Å²) in [5.41, 5.74) is 3.25. The third kappa shape index (κ3) is 3.94. The minimum Gasteiger partial charge on any atom is -0.438 e. The van der Waals surface area contributed by atoms with Crippen LogP contribution in [0.1, 0.15) is 0 Å². The van der Waals surface area contributed by atoms with Gasteiger partial charge in [0, 0.05) is 11.1 Å². The molecule has 2 unspecified atom stereocenters. The molecule has 6 rings (SSSR count). The largest absolute Gasteiger partial charge is 0.438 e. The summed E-state index contributed by atoms with van der Waals surface area (Å²) in [5, 5.41) is 1.04. The van der Waals surface area contributed by atoms with Crippen LogP contribution < -0.4 is 19.7 Å². The minimum absolute atomic E-state index is 0.277. The molecule has 2 aliphatic heterocycles. The van der Waals surface area contributed by atoms with Gasteiger partial charge < -0.3 is 13.9 Å². The number of para-hydroxylation sites is 2. The smallest absolute Gasteiger partial charge is 0.296 e. The number of benzene rings is 4. The van der Waals surface area contributed by atoms with Crippen LogP contribution in [-0.2, 0) is 13.9 Å². The zero-order chi connectivity index (χ0) is 25.6. The predicted molar refractivity (Wildman–Crippen MR) is 146 cm³/mol. The van der Waals surface area contributed by atoms with E-state index in [2.05, 4.69) is 6.58 Å². The van der Waals surface area contributed by atoms with E-state index >= 15 is 0 Å². The quantitative estimate of drug-likeness (QED) is 0.227. The van der Waals surface area contributed by atoms with Crippen molar-refractivity contribution in [2.45, 2.75) is 0 Å². The molecule has 37 heavy (non-hydrogen) atoms. The Labute approximate surface area is 215 Å². The van der Waals surface area contributed by atoms with E-state index in [0.29, 0.717) is 22.1 Å². The average molecular weight is 527 g/mol. The standard InChI is InChI=1S/C29H23NO5P2/c1-2-29(31)30(19-36(32)27-17-9-5-13-23(27)21-11-3-7-15-25(21)34-36)20-37(33)28-18-10-6-14-24(28)22-12-4-8-16-26(22)35-37/h2-18H,1,19-20H2. The van der Waals surface area contributed by atoms with Gasteiger partial charge in [-0.3, -0.25) is 13.9 Å². The van der Waals surface area contributed by atoms with Crippen LogP contribution in [0.5, 0.6) is 11.5 Å². The van der Waals surface area contributed by atoms with Gasteiger partial charge in [-0.05, 0) is 41.5 Å². The van der Waals surface area contributed by atoms with Crippen molar-refractivity contribution < 1.29 is 23.0 Å². The fourth-order valence-corrected chi connectivity index (χ4v) is 9.78. The highest BCUT2D eigenvalue weighted by molar-refractivity contribution is 7.68. The molecule has 2 heterocycles. The highest BCUT2D eigenvalue weighted by atomic mass is 31.2. The van der Waals surface area contributed by atoms with Crippen molar-refractivity contribution in [1.82, 2.24) is 4.90 Å². The van der Waals surface area contributed by atoms with Crippen molar-refractivity contribution in [3.63, 3.8) is 0 Å². The minimum atomic E-state index is -3.63. The number of rotatable bonds is 5. The summed E-state index contributed by atoms with van der Waals surface area (Å²) < 4.78 is 41.1. The number of carbonyl (C=O) groups is 1. The van der Waals surface area contributed by atoms with Crippen LogP contribution in [0, 0.1) is 0 Å². The molecule has 1 amide bonds. The number of carbonyl (C=O) groups excluding carboxylic acids is 1. The second-order valence-electron chi connectivity index (χ2n) is 8.92. The SMILES string of the molecule is C=CC(=O)N(CP1(=O)Oc2ccccc2-c2ccccc21)CP1(=O)Oc2ccccc2-c2ccccc21. The highest BCUT2D eigenvalue weighted by Crippen LogP contribution is 2.58. The Morgan fingerprint density at radius 3 is 1.46 bits per heavy atom. The third-order valence-electron chi connectivity index (χ3n) is 6.59. The van der Waals surface area contributed by atoms with Gasteiger partial charge in [-0.25, -0.2) is 0 Å². The molecule has 0 bridgehead atoms. The molecule has 0 saturated carbocycles. The maximum atomic E-state index is 14.5. The van der Waals surface area contributed by atoms with Crippen molar-refractivity contribution in [3.8, 4) is 33.8 Å². The summed E-state index contributed by atoms with van der Waals surface area (Å²) >= 11 is 0. The lowest BCUT2D eigenvalue weighted by Crippen LogP contribution is -2.37. The summed E-state index contributed by atoms with van der Waals surface area (Å²) in [5.74, 6) is 0.455. The summed E-state index contributed by atoms with van der Waals surface area (Å²) in [6.45, 7) is 3.62. The monoisotopic (exact) mass is 527 g/mol. The Kier molecular flexibility index (Phi) is 5.67. The molecule has 0 N–H and O–H groups in total. The van der Waals surface area contributed by atoms with Crippen LogP contribution in [0.15, 0.2) is 110 Å². The molecule has 0 aliphatic carbocycles. The molecule has 0 saturated heterocycles. The Balaban J connectivity index is 1.41. The molecule has 0 radical (unpaired) electrons. The summed E-state index contributed by atoms with van der Waals surface area (Å²) in [7, 11) is -7.25. The molecule has 184 valence electrons. The molecular formula is C29H23NO5P2. The fourth-order valence-electron chi connectivity index (χ4n) is 4.92. The molecule has 0 aromatic heterocycles. The lowest BCUT2D eigenvalue weighted by molar-refractivity contribution is -0.124. The molecule has 8 heteroatoms. The number of amides is 1. The molecule has 4 aromatic carbocycles. The van der Waals surface area contributed by atoms with Gasteiger partial charge in [-0.2, -0.15) is 0 Å². The summed E-state index contributed by atoms with van der Waals surface area (Å²) in [6.07, 6.45) is 0.576. The highest BCUT2D eigenvalue weighted by Gasteiger charge is 2.43. The van der Waals surface area contributed by atoms with E-state index in [1.54, 1.807) is 36.4 Å². The first-order valence-corrected chi connectivity index (χ1v) is 15.4. The van der Waals surface area contributed by atoms with E-state index in [0.717, 1.165) is 28.3 Å². The molecular weight excluding hydrogens is 504 g/mol. The van der Waals surface area contributed by atoms with Crippen LogP contribution >= 0.6 is 14.7 Å². The first kappa shape index (κ1) is 23.5. The third-order valence-corrected chi connectivity index (χ3v) is 11.2. The van der Waals surface area contributed by atoms with Crippen molar-refractivity contribution in [3.05, 3.63) is 110 Å². The molecule has 2 aliphatic rings. The second kappa shape index (κ2) is 8.92. The van der Waals surface area contributed by atoms with Crippen LogP contribution in [-0.4, -0.2) is 23.4 Å². The fraction of sp³-hybridized carbons (Fsp3) is 0.0690. The zero-order valence-corrected chi connectivity index (χ0v) is 21.6. The number of nitrogens with zero attached hydrogens (tertiary/aromatic N) is 1. The van der Waals surface area contributed by atoms with Crippen molar-refractivity contribution >= 4 is 31.3 Å². The van der Waals surface area contributed by atoms with Crippen molar-refractivity contribution in [2.75, 3.05) is 12.6 Å². The normalized spacial score (nSPS) is 20.6. The van der Waals surface area contributed by atoms with E-state index in [1.807, 2.05) is 60.7 Å². The molecule has 2 atom stereocenters. The van der Waals surface area contributed by atoms with Gasteiger partial charge in [-0.1, -0.05) is 79.4 Å². The summed E-state index contributed by atoms with van der Waals surface area (Å²) in [4.78, 5) is 14.4. The lowest BCUT2D eigenvalue weighted by Gasteiger charge is -2.35.